The molecule has 1 aliphatic rings. The van der Waals surface area contributed by atoms with Gasteiger partial charge in [0.25, 0.3) is 0 Å². The van der Waals surface area contributed by atoms with Crippen LogP contribution in [0, 0.1) is 5.41 Å². The first-order valence-corrected chi connectivity index (χ1v) is 6.88. The van der Waals surface area contributed by atoms with E-state index in [-0.39, 0.29) is 12.0 Å². The number of aryl methyl sites for hydroxylation is 1. The first-order chi connectivity index (χ1) is 8.53. The minimum atomic E-state index is 0.147. The molecule has 0 spiro atoms. The monoisotopic (exact) mass is 251 g/mol. The van der Waals surface area contributed by atoms with Crippen LogP contribution in [0.25, 0.3) is 0 Å². The van der Waals surface area contributed by atoms with Crippen LogP contribution in [-0.2, 0) is 13.5 Å². The maximum absolute atomic E-state index is 9.06. The van der Waals surface area contributed by atoms with Crippen LogP contribution in [0.1, 0.15) is 50.4 Å². The molecule has 4 nitrogen and oxygen atoms in total. The lowest BCUT2D eigenvalue weighted by molar-refractivity contribution is 0.201. The topological polar surface area (TPSA) is 50.1 Å². The Morgan fingerprint density at radius 2 is 2.33 bits per heavy atom. The predicted octanol–water partition coefficient (Wildman–Crippen LogP) is 1.80. The van der Waals surface area contributed by atoms with Gasteiger partial charge in [-0.2, -0.15) is 5.10 Å². The van der Waals surface area contributed by atoms with Crippen LogP contribution >= 0.6 is 0 Å². The third kappa shape index (κ3) is 2.93. The Morgan fingerprint density at radius 3 is 3.06 bits per heavy atom. The molecule has 4 heteroatoms. The van der Waals surface area contributed by atoms with Crippen molar-refractivity contribution in [2.24, 2.45) is 12.5 Å². The molecule has 0 aromatic carbocycles. The summed E-state index contributed by atoms with van der Waals surface area (Å²) in [6, 6.07) is 0.431. The zero-order chi connectivity index (χ0) is 13.2. The van der Waals surface area contributed by atoms with Crippen LogP contribution in [0.3, 0.4) is 0 Å². The van der Waals surface area contributed by atoms with Crippen molar-refractivity contribution in [1.82, 2.24) is 15.1 Å². The second-order valence-electron chi connectivity index (χ2n) is 6.13. The highest BCUT2D eigenvalue weighted by Crippen LogP contribution is 2.30. The summed E-state index contributed by atoms with van der Waals surface area (Å²) in [6.45, 7) is 5.59. The number of aliphatic hydroxyl groups excluding tert-OH is 1. The molecule has 0 aliphatic heterocycles. The Hall–Kier alpha value is -0.870. The molecule has 1 aromatic heterocycles. The van der Waals surface area contributed by atoms with Gasteiger partial charge in [0.15, 0.2) is 0 Å². The van der Waals surface area contributed by atoms with Gasteiger partial charge in [-0.15, -0.1) is 0 Å². The minimum Gasteiger partial charge on any atom is -0.396 e. The van der Waals surface area contributed by atoms with Gasteiger partial charge in [-0.05, 0) is 31.1 Å². The van der Waals surface area contributed by atoms with Gasteiger partial charge in [0.05, 0.1) is 6.20 Å². The molecule has 1 aromatic rings. The molecule has 2 rings (SSSR count). The molecule has 102 valence electrons. The number of rotatable bonds is 5. The molecule has 0 bridgehead atoms. The van der Waals surface area contributed by atoms with E-state index in [4.69, 9.17) is 5.11 Å². The summed E-state index contributed by atoms with van der Waals surface area (Å²) in [5, 5.41) is 17.1. The second-order valence-corrected chi connectivity index (χ2v) is 6.13. The van der Waals surface area contributed by atoms with E-state index in [1.165, 1.54) is 24.1 Å². The smallest absolute Gasteiger partial charge is 0.0540 e. The number of hydrogen-bond donors (Lipinski definition) is 2. The van der Waals surface area contributed by atoms with E-state index in [1.54, 1.807) is 0 Å². The molecule has 0 fully saturated rings. The summed E-state index contributed by atoms with van der Waals surface area (Å²) in [5.41, 5.74) is 2.89. The maximum atomic E-state index is 9.06. The number of fused-ring (bicyclic) bond motifs is 1. The van der Waals surface area contributed by atoms with Crippen LogP contribution in [0.5, 0.6) is 0 Å². The van der Waals surface area contributed by atoms with E-state index in [1.807, 2.05) is 17.9 Å². The summed E-state index contributed by atoms with van der Waals surface area (Å²) >= 11 is 0. The molecule has 1 atom stereocenters. The van der Waals surface area contributed by atoms with E-state index in [0.717, 1.165) is 19.4 Å². The van der Waals surface area contributed by atoms with Crippen LogP contribution in [0.4, 0.5) is 0 Å². The van der Waals surface area contributed by atoms with Crippen molar-refractivity contribution in [1.29, 1.82) is 0 Å². The average molecular weight is 251 g/mol. The second kappa shape index (κ2) is 5.41. The fraction of sp³-hybridized carbons (Fsp3) is 0.786. The van der Waals surface area contributed by atoms with Crippen LogP contribution in [0.15, 0.2) is 6.20 Å². The van der Waals surface area contributed by atoms with E-state index in [9.17, 15) is 0 Å². The molecule has 1 heterocycles. The number of hydrogen-bond acceptors (Lipinski definition) is 3. The van der Waals surface area contributed by atoms with Gasteiger partial charge in [-0.1, -0.05) is 13.8 Å². The lowest BCUT2D eigenvalue weighted by Gasteiger charge is -2.30. The summed E-state index contributed by atoms with van der Waals surface area (Å²) in [4.78, 5) is 0. The summed E-state index contributed by atoms with van der Waals surface area (Å²) in [6.07, 6.45) is 6.40. The van der Waals surface area contributed by atoms with Gasteiger partial charge in [0.2, 0.25) is 0 Å². The molecule has 0 saturated carbocycles. The highest BCUT2D eigenvalue weighted by molar-refractivity contribution is 5.24. The number of nitrogens with one attached hydrogen (secondary N) is 1. The zero-order valence-corrected chi connectivity index (χ0v) is 11.7. The van der Waals surface area contributed by atoms with E-state index in [2.05, 4.69) is 24.3 Å². The van der Waals surface area contributed by atoms with Crippen molar-refractivity contribution in [3.05, 3.63) is 17.5 Å². The van der Waals surface area contributed by atoms with Crippen molar-refractivity contribution in [2.45, 2.75) is 45.6 Å². The standard InChI is InChI=1S/C14H25N3O/c1-14(2,7-8-18)10-15-12-5-4-6-13-11(12)9-16-17(13)3/h9,12,15,18H,4-8,10H2,1-3H3. The van der Waals surface area contributed by atoms with E-state index in [0.29, 0.717) is 6.04 Å². The van der Waals surface area contributed by atoms with Gasteiger partial charge in [-0.25, -0.2) is 0 Å². The van der Waals surface area contributed by atoms with Gasteiger partial charge in [0, 0.05) is 37.5 Å². The lowest BCUT2D eigenvalue weighted by atomic mass is 9.87. The van der Waals surface area contributed by atoms with Crippen molar-refractivity contribution in [3.8, 4) is 0 Å². The first kappa shape index (κ1) is 13.6. The number of nitrogens with zero attached hydrogens (tertiary/aromatic N) is 2. The Bertz CT molecular complexity index is 398. The highest BCUT2D eigenvalue weighted by atomic mass is 16.3. The fourth-order valence-corrected chi connectivity index (χ4v) is 2.71. The molecule has 0 radical (unpaired) electrons. The highest BCUT2D eigenvalue weighted by Gasteiger charge is 2.25. The molecular weight excluding hydrogens is 226 g/mol. The summed E-state index contributed by atoms with van der Waals surface area (Å²) in [5.74, 6) is 0. The maximum Gasteiger partial charge on any atom is 0.0540 e. The van der Waals surface area contributed by atoms with Crippen molar-refractivity contribution < 1.29 is 5.11 Å². The molecule has 1 unspecified atom stereocenters. The molecule has 18 heavy (non-hydrogen) atoms. The third-order valence-corrected chi connectivity index (χ3v) is 3.99. The number of aliphatic hydroxyl groups is 1. The largest absolute Gasteiger partial charge is 0.396 e. The normalized spacial score (nSPS) is 19.9. The van der Waals surface area contributed by atoms with E-state index < -0.39 is 0 Å². The van der Waals surface area contributed by atoms with Crippen molar-refractivity contribution in [3.63, 3.8) is 0 Å². The molecule has 0 saturated heterocycles. The van der Waals surface area contributed by atoms with Crippen LogP contribution < -0.4 is 5.32 Å². The minimum absolute atomic E-state index is 0.147. The molecule has 2 N–H and O–H groups in total. The van der Waals surface area contributed by atoms with Crippen LogP contribution in [0.2, 0.25) is 0 Å². The molecule has 1 aliphatic carbocycles. The Kier molecular flexibility index (Phi) is 4.07. The lowest BCUT2D eigenvalue weighted by Crippen LogP contribution is -2.34. The van der Waals surface area contributed by atoms with Gasteiger partial charge in [0.1, 0.15) is 0 Å². The van der Waals surface area contributed by atoms with Gasteiger partial charge < -0.3 is 10.4 Å². The average Bonchev–Trinajstić information content (AvgIpc) is 2.69. The fourth-order valence-electron chi connectivity index (χ4n) is 2.71. The predicted molar refractivity (Wildman–Crippen MR) is 72.4 cm³/mol. The van der Waals surface area contributed by atoms with Crippen molar-refractivity contribution in [2.75, 3.05) is 13.2 Å². The Morgan fingerprint density at radius 1 is 1.56 bits per heavy atom. The Labute approximate surface area is 109 Å². The van der Waals surface area contributed by atoms with E-state index >= 15 is 0 Å². The third-order valence-electron chi connectivity index (χ3n) is 3.99. The quantitative estimate of drug-likeness (QED) is 0.839. The van der Waals surface area contributed by atoms with Gasteiger partial charge in [-0.3, -0.25) is 4.68 Å². The summed E-state index contributed by atoms with van der Waals surface area (Å²) < 4.78 is 2.00. The van der Waals surface area contributed by atoms with Gasteiger partial charge >= 0.3 is 0 Å². The SMILES string of the molecule is Cn1ncc2c1CCCC2NCC(C)(C)CCO. The summed E-state index contributed by atoms with van der Waals surface area (Å²) in [7, 11) is 2.02. The molecule has 0 amide bonds. The number of aromatic nitrogens is 2. The Balaban J connectivity index is 1.99. The van der Waals surface area contributed by atoms with Crippen LogP contribution in [-0.4, -0.2) is 28.0 Å². The van der Waals surface area contributed by atoms with Crippen molar-refractivity contribution >= 4 is 0 Å². The first-order valence-electron chi connectivity index (χ1n) is 6.88. The zero-order valence-electron chi connectivity index (χ0n) is 11.7. The molecular formula is C14H25N3O.